The van der Waals surface area contributed by atoms with Crippen LogP contribution in [0.5, 0.6) is 11.5 Å². The lowest BCUT2D eigenvalue weighted by Gasteiger charge is -2.36. The van der Waals surface area contributed by atoms with E-state index in [0.717, 1.165) is 43.5 Å². The van der Waals surface area contributed by atoms with E-state index in [2.05, 4.69) is 15.6 Å². The van der Waals surface area contributed by atoms with Gasteiger partial charge in [-0.15, -0.1) is 24.0 Å². The molecule has 0 saturated carbocycles. The Morgan fingerprint density at radius 2 is 1.93 bits per heavy atom. The first-order valence-electron chi connectivity index (χ1n) is 8.99. The Morgan fingerprint density at radius 1 is 1.22 bits per heavy atom. The molecule has 1 fully saturated rings. The van der Waals surface area contributed by atoms with Crippen molar-refractivity contribution in [2.45, 2.75) is 31.5 Å². The molecule has 154 valence electrons. The van der Waals surface area contributed by atoms with Gasteiger partial charge in [0.05, 0.1) is 19.3 Å². The number of nitrogens with one attached hydrogen (secondary N) is 2. The second-order valence-electron chi connectivity index (χ2n) is 6.41. The third kappa shape index (κ3) is 7.71. The minimum absolute atomic E-state index is 0. The van der Waals surface area contributed by atoms with Crippen LogP contribution < -0.4 is 20.1 Å². The fourth-order valence-corrected chi connectivity index (χ4v) is 2.85. The lowest BCUT2D eigenvalue weighted by molar-refractivity contribution is -0.0855. The molecule has 1 heterocycles. The van der Waals surface area contributed by atoms with E-state index in [-0.39, 0.29) is 35.7 Å². The van der Waals surface area contributed by atoms with Crippen molar-refractivity contribution in [3.63, 3.8) is 0 Å². The van der Waals surface area contributed by atoms with Gasteiger partial charge < -0.3 is 29.6 Å². The Balaban J connectivity index is 0.00000364. The van der Waals surface area contributed by atoms with Gasteiger partial charge in [0.2, 0.25) is 0 Å². The summed E-state index contributed by atoms with van der Waals surface area (Å²) in [7, 11) is 5.16. The zero-order valence-corrected chi connectivity index (χ0v) is 18.9. The van der Waals surface area contributed by atoms with Gasteiger partial charge in [-0.05, 0) is 19.1 Å². The van der Waals surface area contributed by atoms with Crippen LogP contribution in [0, 0.1) is 0 Å². The second kappa shape index (κ2) is 12.2. The molecule has 1 aliphatic heterocycles. The third-order valence-corrected chi connectivity index (χ3v) is 4.57. The van der Waals surface area contributed by atoms with Crippen LogP contribution in [-0.4, -0.2) is 65.2 Å². The highest BCUT2D eigenvalue weighted by Crippen LogP contribution is 2.23. The van der Waals surface area contributed by atoms with E-state index >= 15 is 0 Å². The zero-order chi connectivity index (χ0) is 18.8. The smallest absolute Gasteiger partial charge is 0.191 e. The van der Waals surface area contributed by atoms with E-state index in [1.165, 1.54) is 0 Å². The summed E-state index contributed by atoms with van der Waals surface area (Å²) in [5.74, 6) is 2.29. The summed E-state index contributed by atoms with van der Waals surface area (Å²) in [4.78, 5) is 4.28. The second-order valence-corrected chi connectivity index (χ2v) is 6.41. The van der Waals surface area contributed by atoms with Gasteiger partial charge in [0.15, 0.2) is 5.96 Å². The maximum absolute atomic E-state index is 5.92. The van der Waals surface area contributed by atoms with Crippen LogP contribution in [0.2, 0.25) is 0 Å². The lowest BCUT2D eigenvalue weighted by atomic mass is 9.94. The lowest BCUT2D eigenvalue weighted by Crippen LogP contribution is -2.51. The van der Waals surface area contributed by atoms with Gasteiger partial charge in [-0.25, -0.2) is 0 Å². The summed E-state index contributed by atoms with van der Waals surface area (Å²) >= 11 is 0. The van der Waals surface area contributed by atoms with Crippen molar-refractivity contribution in [2.24, 2.45) is 4.99 Å². The molecule has 1 aliphatic rings. The van der Waals surface area contributed by atoms with E-state index < -0.39 is 0 Å². The number of hydrogen-bond donors (Lipinski definition) is 2. The summed E-state index contributed by atoms with van der Waals surface area (Å²) in [5, 5.41) is 6.65. The van der Waals surface area contributed by atoms with Gasteiger partial charge in [0, 0.05) is 52.8 Å². The molecule has 0 amide bonds. The summed E-state index contributed by atoms with van der Waals surface area (Å²) in [6.07, 6.45) is 1.73. The predicted octanol–water partition coefficient (Wildman–Crippen LogP) is 2.44. The van der Waals surface area contributed by atoms with E-state index in [0.29, 0.717) is 13.1 Å². The van der Waals surface area contributed by atoms with Crippen molar-refractivity contribution in [1.29, 1.82) is 0 Å². The van der Waals surface area contributed by atoms with E-state index in [4.69, 9.17) is 18.9 Å². The Morgan fingerprint density at radius 3 is 2.56 bits per heavy atom. The first-order chi connectivity index (χ1) is 12.6. The molecule has 7 nitrogen and oxygen atoms in total. The number of aliphatic imine (C=N–C) groups is 1. The van der Waals surface area contributed by atoms with Crippen molar-refractivity contribution in [2.75, 3.05) is 47.6 Å². The van der Waals surface area contributed by atoms with Crippen molar-refractivity contribution in [1.82, 2.24) is 10.6 Å². The van der Waals surface area contributed by atoms with Crippen LogP contribution in [0.15, 0.2) is 29.3 Å². The summed E-state index contributed by atoms with van der Waals surface area (Å²) in [5.41, 5.74) is -0.196. The predicted molar refractivity (Wildman–Crippen MR) is 118 cm³/mol. The van der Waals surface area contributed by atoms with Crippen LogP contribution in [0.3, 0.4) is 0 Å². The number of methoxy groups -OCH3 is 2. The number of ether oxygens (including phenoxy) is 4. The quantitative estimate of drug-likeness (QED) is 0.330. The van der Waals surface area contributed by atoms with Crippen LogP contribution in [0.25, 0.3) is 0 Å². The Hall–Kier alpha value is -1.26. The average Bonchev–Trinajstić information content (AvgIpc) is 2.69. The molecular weight excluding hydrogens is 461 g/mol. The number of hydrogen-bond acceptors (Lipinski definition) is 5. The number of halogens is 1. The summed E-state index contributed by atoms with van der Waals surface area (Å²) in [6.45, 7) is 4.78. The van der Waals surface area contributed by atoms with Crippen molar-refractivity contribution in [3.05, 3.63) is 24.3 Å². The SMILES string of the molecule is CN=C(NCC(C)Oc1cccc(OC)c1)NCC1(OC)CCOCC1.I. The van der Waals surface area contributed by atoms with E-state index in [9.17, 15) is 0 Å². The molecule has 0 spiro atoms. The van der Waals surface area contributed by atoms with Crippen molar-refractivity contribution >= 4 is 29.9 Å². The standard InChI is InChI=1S/C19H31N3O4.HI/c1-15(26-17-7-5-6-16(12-17)23-3)13-21-18(20-2)22-14-19(24-4)8-10-25-11-9-19;/h5-7,12,15H,8-11,13-14H2,1-4H3,(H2,20,21,22);1H. The van der Waals surface area contributed by atoms with Gasteiger partial charge >= 0.3 is 0 Å². The van der Waals surface area contributed by atoms with Gasteiger partial charge in [-0.3, -0.25) is 4.99 Å². The molecule has 1 atom stereocenters. The molecule has 0 bridgehead atoms. The molecule has 1 unspecified atom stereocenters. The van der Waals surface area contributed by atoms with Crippen LogP contribution in [0.4, 0.5) is 0 Å². The molecule has 0 radical (unpaired) electrons. The number of nitrogens with zero attached hydrogens (tertiary/aromatic N) is 1. The normalized spacial score (nSPS) is 17.4. The number of benzene rings is 1. The highest BCUT2D eigenvalue weighted by molar-refractivity contribution is 14.0. The minimum atomic E-state index is -0.196. The third-order valence-electron chi connectivity index (χ3n) is 4.57. The molecule has 0 aliphatic carbocycles. The number of rotatable bonds is 8. The van der Waals surface area contributed by atoms with Crippen LogP contribution >= 0.6 is 24.0 Å². The van der Waals surface area contributed by atoms with Crippen LogP contribution in [-0.2, 0) is 9.47 Å². The van der Waals surface area contributed by atoms with Crippen molar-refractivity contribution < 1.29 is 18.9 Å². The molecular formula is C19H32IN3O4. The van der Waals surface area contributed by atoms with Crippen LogP contribution in [0.1, 0.15) is 19.8 Å². The fourth-order valence-electron chi connectivity index (χ4n) is 2.85. The fraction of sp³-hybridized carbons (Fsp3) is 0.632. The maximum Gasteiger partial charge on any atom is 0.191 e. The minimum Gasteiger partial charge on any atom is -0.497 e. The molecule has 1 saturated heterocycles. The Labute approximate surface area is 179 Å². The van der Waals surface area contributed by atoms with Crippen molar-refractivity contribution in [3.8, 4) is 11.5 Å². The highest BCUT2D eigenvalue weighted by atomic mass is 127. The first kappa shape index (κ1) is 23.8. The Kier molecular flexibility index (Phi) is 10.8. The monoisotopic (exact) mass is 493 g/mol. The first-order valence-corrected chi connectivity index (χ1v) is 8.99. The topological polar surface area (TPSA) is 73.3 Å². The molecule has 0 aromatic heterocycles. The zero-order valence-electron chi connectivity index (χ0n) is 16.6. The number of guanidine groups is 1. The van der Waals surface area contributed by atoms with Gasteiger partial charge in [-0.2, -0.15) is 0 Å². The van der Waals surface area contributed by atoms with Gasteiger partial charge in [0.25, 0.3) is 0 Å². The largest absolute Gasteiger partial charge is 0.497 e. The molecule has 1 aromatic rings. The molecule has 1 aromatic carbocycles. The van der Waals surface area contributed by atoms with Gasteiger partial charge in [-0.1, -0.05) is 6.07 Å². The molecule has 27 heavy (non-hydrogen) atoms. The average molecular weight is 493 g/mol. The summed E-state index contributed by atoms with van der Waals surface area (Å²) in [6, 6.07) is 7.59. The van der Waals surface area contributed by atoms with Gasteiger partial charge in [0.1, 0.15) is 17.6 Å². The molecule has 8 heteroatoms. The molecule has 2 rings (SSSR count). The Bertz CT molecular complexity index is 580. The maximum atomic E-state index is 5.92. The van der Waals surface area contributed by atoms with E-state index in [1.54, 1.807) is 21.3 Å². The highest BCUT2D eigenvalue weighted by Gasteiger charge is 2.32. The summed E-state index contributed by atoms with van der Waals surface area (Å²) < 4.78 is 22.3. The molecule has 2 N–H and O–H groups in total. The van der Waals surface area contributed by atoms with E-state index in [1.807, 2.05) is 31.2 Å².